The summed E-state index contributed by atoms with van der Waals surface area (Å²) in [6.45, 7) is 3.83. The molecule has 5 heteroatoms. The number of hydrogen-bond acceptors (Lipinski definition) is 4. The van der Waals surface area contributed by atoms with Crippen LogP contribution in [0.15, 0.2) is 29.1 Å². The smallest absolute Gasteiger partial charge is 0.338 e. The van der Waals surface area contributed by atoms with Crippen molar-refractivity contribution in [3.05, 3.63) is 46.0 Å². The largest absolute Gasteiger partial charge is 0.365 e. The molecule has 1 N–H and O–H groups in total. The zero-order valence-corrected chi connectivity index (χ0v) is 10.1. The summed E-state index contributed by atoms with van der Waals surface area (Å²) in [5, 5.41) is 7.15. The highest BCUT2D eigenvalue weighted by Crippen LogP contribution is 2.15. The van der Waals surface area contributed by atoms with Gasteiger partial charge in [-0.3, -0.25) is 0 Å². The van der Waals surface area contributed by atoms with Gasteiger partial charge in [0.15, 0.2) is 5.82 Å². The van der Waals surface area contributed by atoms with Crippen LogP contribution in [0.25, 0.3) is 0 Å². The van der Waals surface area contributed by atoms with Gasteiger partial charge in [0.1, 0.15) is 5.69 Å². The maximum atomic E-state index is 11.4. The highest BCUT2D eigenvalue weighted by Gasteiger charge is 2.04. The standard InChI is InChI=1S/C12H14N4O/c1-8-4-6-10(7-5-8)13-11-9(2)15-16(3)12(17)14-11/h4-7H,1-3H3,(H,13,14,17). The van der Waals surface area contributed by atoms with Crippen LogP contribution >= 0.6 is 0 Å². The average Bonchev–Trinajstić information content (AvgIpc) is 2.29. The van der Waals surface area contributed by atoms with E-state index in [-0.39, 0.29) is 5.69 Å². The summed E-state index contributed by atoms with van der Waals surface area (Å²) in [5.41, 5.74) is 2.39. The van der Waals surface area contributed by atoms with Crippen molar-refractivity contribution in [3.63, 3.8) is 0 Å². The molecule has 0 saturated heterocycles. The van der Waals surface area contributed by atoms with E-state index in [1.807, 2.05) is 38.1 Å². The Kier molecular flexibility index (Phi) is 2.91. The normalized spacial score (nSPS) is 10.3. The molecule has 0 atom stereocenters. The predicted octanol–water partition coefficient (Wildman–Crippen LogP) is 1.54. The molecule has 0 aliphatic heterocycles. The summed E-state index contributed by atoms with van der Waals surface area (Å²) in [4.78, 5) is 15.3. The third-order valence-corrected chi connectivity index (χ3v) is 2.44. The minimum Gasteiger partial charge on any atom is -0.338 e. The van der Waals surface area contributed by atoms with E-state index in [0.29, 0.717) is 11.5 Å². The van der Waals surface area contributed by atoms with E-state index < -0.39 is 0 Å². The average molecular weight is 230 g/mol. The van der Waals surface area contributed by atoms with Crippen LogP contribution in [-0.4, -0.2) is 14.8 Å². The molecule has 1 aromatic heterocycles. The lowest BCUT2D eigenvalue weighted by Crippen LogP contribution is -2.24. The second-order valence-corrected chi connectivity index (χ2v) is 3.94. The molecule has 0 aliphatic rings. The molecular formula is C12H14N4O. The summed E-state index contributed by atoms with van der Waals surface area (Å²) in [7, 11) is 1.58. The molecule has 0 bridgehead atoms. The third kappa shape index (κ3) is 2.50. The first-order valence-corrected chi connectivity index (χ1v) is 5.32. The minimum atomic E-state index is -0.370. The van der Waals surface area contributed by atoms with Crippen molar-refractivity contribution in [2.24, 2.45) is 7.05 Å². The zero-order chi connectivity index (χ0) is 12.4. The molecule has 2 rings (SSSR count). The first kappa shape index (κ1) is 11.3. The zero-order valence-electron chi connectivity index (χ0n) is 10.1. The van der Waals surface area contributed by atoms with Gasteiger partial charge in [-0.15, -0.1) is 0 Å². The Morgan fingerprint density at radius 1 is 1.18 bits per heavy atom. The number of anilines is 2. The first-order valence-electron chi connectivity index (χ1n) is 5.32. The fourth-order valence-electron chi connectivity index (χ4n) is 1.46. The number of hydrogen-bond donors (Lipinski definition) is 1. The molecule has 0 spiro atoms. The number of aromatic nitrogens is 3. The Bertz CT molecular complexity index is 586. The minimum absolute atomic E-state index is 0.370. The Morgan fingerprint density at radius 2 is 1.82 bits per heavy atom. The van der Waals surface area contributed by atoms with Crippen molar-refractivity contribution in [1.29, 1.82) is 0 Å². The molecule has 0 saturated carbocycles. The van der Waals surface area contributed by atoms with Crippen molar-refractivity contribution >= 4 is 11.5 Å². The number of benzene rings is 1. The van der Waals surface area contributed by atoms with Crippen LogP contribution < -0.4 is 11.0 Å². The molecule has 88 valence electrons. The number of nitrogens with one attached hydrogen (secondary N) is 1. The van der Waals surface area contributed by atoms with Crippen molar-refractivity contribution < 1.29 is 0 Å². The summed E-state index contributed by atoms with van der Waals surface area (Å²) in [6.07, 6.45) is 0. The van der Waals surface area contributed by atoms with E-state index >= 15 is 0 Å². The Morgan fingerprint density at radius 3 is 2.47 bits per heavy atom. The van der Waals surface area contributed by atoms with Crippen molar-refractivity contribution in [1.82, 2.24) is 14.8 Å². The van der Waals surface area contributed by atoms with E-state index in [1.165, 1.54) is 10.2 Å². The van der Waals surface area contributed by atoms with Gasteiger partial charge in [-0.2, -0.15) is 10.1 Å². The highest BCUT2D eigenvalue weighted by atomic mass is 16.1. The monoisotopic (exact) mass is 230 g/mol. The molecule has 1 aromatic carbocycles. The number of nitrogens with zero attached hydrogens (tertiary/aromatic N) is 3. The van der Waals surface area contributed by atoms with Crippen LogP contribution in [0.1, 0.15) is 11.3 Å². The summed E-state index contributed by atoms with van der Waals surface area (Å²) in [5.74, 6) is 0.497. The molecule has 0 unspecified atom stereocenters. The quantitative estimate of drug-likeness (QED) is 0.850. The van der Waals surface area contributed by atoms with Gasteiger partial charge in [0.05, 0.1) is 0 Å². The Hall–Kier alpha value is -2.17. The van der Waals surface area contributed by atoms with Crippen molar-refractivity contribution in [2.45, 2.75) is 13.8 Å². The van der Waals surface area contributed by atoms with Gasteiger partial charge < -0.3 is 5.32 Å². The molecule has 0 amide bonds. The molecule has 0 aliphatic carbocycles. The lowest BCUT2D eigenvalue weighted by atomic mass is 10.2. The van der Waals surface area contributed by atoms with E-state index in [9.17, 15) is 4.79 Å². The lowest BCUT2D eigenvalue weighted by molar-refractivity contribution is 0.663. The number of aryl methyl sites for hydroxylation is 3. The Balaban J connectivity index is 2.33. The molecular weight excluding hydrogens is 216 g/mol. The molecule has 0 radical (unpaired) electrons. The second kappa shape index (κ2) is 4.37. The third-order valence-electron chi connectivity index (χ3n) is 2.44. The van der Waals surface area contributed by atoms with Gasteiger partial charge in [-0.25, -0.2) is 9.48 Å². The van der Waals surface area contributed by atoms with Gasteiger partial charge in [0, 0.05) is 12.7 Å². The Labute approximate surface area is 99.1 Å². The van der Waals surface area contributed by atoms with Crippen LogP contribution in [0, 0.1) is 13.8 Å². The molecule has 1 heterocycles. The lowest BCUT2D eigenvalue weighted by Gasteiger charge is -2.08. The molecule has 17 heavy (non-hydrogen) atoms. The van der Waals surface area contributed by atoms with Crippen molar-refractivity contribution in [3.8, 4) is 0 Å². The molecule has 2 aromatic rings. The van der Waals surface area contributed by atoms with Crippen LogP contribution in [0.5, 0.6) is 0 Å². The van der Waals surface area contributed by atoms with E-state index in [0.717, 1.165) is 5.69 Å². The van der Waals surface area contributed by atoms with Crippen LogP contribution in [-0.2, 0) is 7.05 Å². The van der Waals surface area contributed by atoms with Gasteiger partial charge in [-0.1, -0.05) is 17.7 Å². The van der Waals surface area contributed by atoms with Crippen LogP contribution in [0.2, 0.25) is 0 Å². The van der Waals surface area contributed by atoms with E-state index in [2.05, 4.69) is 15.4 Å². The fourth-order valence-corrected chi connectivity index (χ4v) is 1.46. The topological polar surface area (TPSA) is 59.8 Å². The highest BCUT2D eigenvalue weighted by molar-refractivity contribution is 5.57. The van der Waals surface area contributed by atoms with E-state index in [1.54, 1.807) is 7.05 Å². The van der Waals surface area contributed by atoms with Gasteiger partial charge in [-0.05, 0) is 26.0 Å². The van der Waals surface area contributed by atoms with Crippen LogP contribution in [0.4, 0.5) is 11.5 Å². The molecule has 0 fully saturated rings. The fraction of sp³-hybridized carbons (Fsp3) is 0.250. The number of rotatable bonds is 2. The van der Waals surface area contributed by atoms with Gasteiger partial charge >= 0.3 is 5.69 Å². The maximum absolute atomic E-state index is 11.4. The summed E-state index contributed by atoms with van der Waals surface area (Å²) >= 11 is 0. The predicted molar refractivity (Wildman–Crippen MR) is 66.5 cm³/mol. The van der Waals surface area contributed by atoms with Gasteiger partial charge in [0.25, 0.3) is 0 Å². The first-order chi connectivity index (χ1) is 8.06. The maximum Gasteiger partial charge on any atom is 0.365 e. The summed E-state index contributed by atoms with van der Waals surface area (Å²) in [6, 6.07) is 7.86. The summed E-state index contributed by atoms with van der Waals surface area (Å²) < 4.78 is 1.22. The SMILES string of the molecule is Cc1ccc(Nc2nc(=O)n(C)nc2C)cc1. The van der Waals surface area contributed by atoms with Crippen molar-refractivity contribution in [2.75, 3.05) is 5.32 Å². The van der Waals surface area contributed by atoms with Gasteiger partial charge in [0.2, 0.25) is 0 Å². The molecule has 5 nitrogen and oxygen atoms in total. The second-order valence-electron chi connectivity index (χ2n) is 3.94. The van der Waals surface area contributed by atoms with Crippen LogP contribution in [0.3, 0.4) is 0 Å². The van der Waals surface area contributed by atoms with E-state index in [4.69, 9.17) is 0 Å².